The molecule has 0 fully saturated rings. The first-order chi connectivity index (χ1) is 12.3. The highest BCUT2D eigenvalue weighted by atomic mass is 32.1. The Labute approximate surface area is 150 Å². The maximum absolute atomic E-state index is 5.29. The predicted molar refractivity (Wildman–Crippen MR) is 103 cm³/mol. The fourth-order valence-corrected chi connectivity index (χ4v) is 3.72. The lowest BCUT2D eigenvalue weighted by molar-refractivity contribution is 0.414. The normalized spacial score (nSPS) is 10.8. The Bertz CT molecular complexity index is 998. The van der Waals surface area contributed by atoms with Crippen molar-refractivity contribution in [1.29, 1.82) is 0 Å². The molecule has 0 saturated carbocycles. The molecule has 0 bridgehead atoms. The number of hydrogen-bond acceptors (Lipinski definition) is 5. The SMILES string of the molecule is COc1cccc(CNc2ncnc3scc(-c4ccccc4)c23)c1. The van der Waals surface area contributed by atoms with E-state index in [1.807, 2.05) is 36.4 Å². The molecule has 0 aliphatic carbocycles. The smallest absolute Gasteiger partial charge is 0.139 e. The third kappa shape index (κ3) is 3.19. The molecule has 0 aliphatic rings. The van der Waals surface area contributed by atoms with Gasteiger partial charge < -0.3 is 10.1 Å². The molecule has 4 aromatic rings. The summed E-state index contributed by atoms with van der Waals surface area (Å²) in [4.78, 5) is 9.88. The number of methoxy groups -OCH3 is 1. The number of aromatic nitrogens is 2. The highest BCUT2D eigenvalue weighted by Gasteiger charge is 2.12. The largest absolute Gasteiger partial charge is 0.497 e. The van der Waals surface area contributed by atoms with E-state index >= 15 is 0 Å². The van der Waals surface area contributed by atoms with Crippen molar-refractivity contribution in [1.82, 2.24) is 9.97 Å². The van der Waals surface area contributed by atoms with Crippen LogP contribution in [0, 0.1) is 0 Å². The molecule has 25 heavy (non-hydrogen) atoms. The molecule has 0 saturated heterocycles. The molecule has 0 amide bonds. The summed E-state index contributed by atoms with van der Waals surface area (Å²) in [5.74, 6) is 1.71. The molecule has 2 aromatic carbocycles. The Morgan fingerprint density at radius 1 is 1.04 bits per heavy atom. The quantitative estimate of drug-likeness (QED) is 0.553. The Balaban J connectivity index is 1.68. The van der Waals surface area contributed by atoms with Crippen LogP contribution in [0.5, 0.6) is 5.75 Å². The van der Waals surface area contributed by atoms with E-state index in [1.165, 1.54) is 5.56 Å². The number of ether oxygens (including phenoxy) is 1. The van der Waals surface area contributed by atoms with Gasteiger partial charge in [0.15, 0.2) is 0 Å². The maximum atomic E-state index is 5.29. The van der Waals surface area contributed by atoms with Crippen molar-refractivity contribution < 1.29 is 4.74 Å². The number of hydrogen-bond donors (Lipinski definition) is 1. The first-order valence-corrected chi connectivity index (χ1v) is 8.87. The van der Waals surface area contributed by atoms with Crippen LogP contribution in [0.1, 0.15) is 5.56 Å². The zero-order valence-corrected chi connectivity index (χ0v) is 14.6. The van der Waals surface area contributed by atoms with Crippen molar-refractivity contribution in [3.63, 3.8) is 0 Å². The minimum Gasteiger partial charge on any atom is -0.497 e. The molecule has 2 aromatic heterocycles. The van der Waals surface area contributed by atoms with Crippen molar-refractivity contribution in [3.8, 4) is 16.9 Å². The average Bonchev–Trinajstić information content (AvgIpc) is 3.12. The highest BCUT2D eigenvalue weighted by Crippen LogP contribution is 2.36. The number of thiophene rings is 1. The first-order valence-electron chi connectivity index (χ1n) is 7.99. The van der Waals surface area contributed by atoms with Gasteiger partial charge in [0.1, 0.15) is 22.7 Å². The van der Waals surface area contributed by atoms with Crippen molar-refractivity contribution in [2.75, 3.05) is 12.4 Å². The number of nitrogens with zero attached hydrogens (tertiary/aromatic N) is 2. The van der Waals surface area contributed by atoms with E-state index in [-0.39, 0.29) is 0 Å². The van der Waals surface area contributed by atoms with Gasteiger partial charge in [0, 0.05) is 17.5 Å². The van der Waals surface area contributed by atoms with Gasteiger partial charge >= 0.3 is 0 Å². The molecule has 1 N–H and O–H groups in total. The van der Waals surface area contributed by atoms with Gasteiger partial charge in [0.2, 0.25) is 0 Å². The van der Waals surface area contributed by atoms with Crippen molar-refractivity contribution >= 4 is 27.4 Å². The molecule has 124 valence electrons. The molecule has 2 heterocycles. The van der Waals surface area contributed by atoms with Gasteiger partial charge in [-0.2, -0.15) is 0 Å². The zero-order chi connectivity index (χ0) is 17.1. The molecule has 0 spiro atoms. The molecule has 0 radical (unpaired) electrons. The number of anilines is 1. The first kappa shape index (κ1) is 15.6. The molecule has 4 nitrogen and oxygen atoms in total. The van der Waals surface area contributed by atoms with E-state index in [9.17, 15) is 0 Å². The number of nitrogens with one attached hydrogen (secondary N) is 1. The number of rotatable bonds is 5. The van der Waals surface area contributed by atoms with Gasteiger partial charge in [-0.3, -0.25) is 0 Å². The summed E-state index contributed by atoms with van der Waals surface area (Å²) < 4.78 is 5.29. The van der Waals surface area contributed by atoms with Gasteiger partial charge in [-0.25, -0.2) is 9.97 Å². The zero-order valence-electron chi connectivity index (χ0n) is 13.8. The van der Waals surface area contributed by atoms with Gasteiger partial charge in [-0.05, 0) is 23.3 Å². The summed E-state index contributed by atoms with van der Waals surface area (Å²) in [5, 5.41) is 6.67. The second-order valence-corrected chi connectivity index (χ2v) is 6.48. The molecule has 0 atom stereocenters. The van der Waals surface area contributed by atoms with Gasteiger partial charge in [-0.1, -0.05) is 42.5 Å². The van der Waals surface area contributed by atoms with Crippen molar-refractivity contribution in [2.24, 2.45) is 0 Å². The Morgan fingerprint density at radius 2 is 1.92 bits per heavy atom. The lowest BCUT2D eigenvalue weighted by Gasteiger charge is -2.09. The fraction of sp³-hybridized carbons (Fsp3) is 0.100. The average molecular weight is 347 g/mol. The van der Waals surface area contributed by atoms with E-state index in [4.69, 9.17) is 4.74 Å². The lowest BCUT2D eigenvalue weighted by Crippen LogP contribution is -2.02. The standard InChI is InChI=1S/C20H17N3OS/c1-24-16-9-5-6-14(10-16)11-21-19-18-17(15-7-3-2-4-8-15)12-25-20(18)23-13-22-19/h2-10,12-13H,11H2,1H3,(H,21,22,23). The Hall–Kier alpha value is -2.92. The van der Waals surface area contributed by atoms with Crippen LogP contribution in [0.25, 0.3) is 21.3 Å². The minimum atomic E-state index is 0.674. The lowest BCUT2D eigenvalue weighted by atomic mass is 10.1. The van der Waals surface area contributed by atoms with Crippen LogP contribution in [-0.2, 0) is 6.54 Å². The van der Waals surface area contributed by atoms with Gasteiger partial charge in [-0.15, -0.1) is 11.3 Å². The predicted octanol–water partition coefficient (Wildman–Crippen LogP) is 4.98. The number of benzene rings is 2. The van der Waals surface area contributed by atoms with E-state index in [2.05, 4.69) is 38.9 Å². The Kier molecular flexibility index (Phi) is 4.31. The van der Waals surface area contributed by atoms with Crippen LogP contribution in [-0.4, -0.2) is 17.1 Å². The third-order valence-corrected chi connectivity index (χ3v) is 4.94. The van der Waals surface area contributed by atoms with Crippen LogP contribution >= 0.6 is 11.3 Å². The van der Waals surface area contributed by atoms with Crippen LogP contribution in [0.3, 0.4) is 0 Å². The van der Waals surface area contributed by atoms with E-state index in [0.717, 1.165) is 32.9 Å². The van der Waals surface area contributed by atoms with Crippen LogP contribution < -0.4 is 10.1 Å². The highest BCUT2D eigenvalue weighted by molar-refractivity contribution is 7.17. The van der Waals surface area contributed by atoms with Crippen molar-refractivity contribution in [2.45, 2.75) is 6.54 Å². The summed E-state index contributed by atoms with van der Waals surface area (Å²) in [5.41, 5.74) is 3.48. The van der Waals surface area contributed by atoms with E-state index < -0.39 is 0 Å². The monoisotopic (exact) mass is 347 g/mol. The fourth-order valence-electron chi connectivity index (χ4n) is 2.81. The van der Waals surface area contributed by atoms with Crippen LogP contribution in [0.15, 0.2) is 66.3 Å². The summed E-state index contributed by atoms with van der Waals surface area (Å²) in [6.07, 6.45) is 1.61. The summed E-state index contributed by atoms with van der Waals surface area (Å²) in [6, 6.07) is 18.4. The van der Waals surface area contributed by atoms with Crippen molar-refractivity contribution in [3.05, 3.63) is 71.9 Å². The molecular weight excluding hydrogens is 330 g/mol. The Morgan fingerprint density at radius 3 is 2.76 bits per heavy atom. The molecule has 0 unspecified atom stereocenters. The van der Waals surface area contributed by atoms with Crippen LogP contribution in [0.2, 0.25) is 0 Å². The summed E-state index contributed by atoms with van der Waals surface area (Å²) >= 11 is 1.64. The number of fused-ring (bicyclic) bond motifs is 1. The summed E-state index contributed by atoms with van der Waals surface area (Å²) in [7, 11) is 1.68. The van der Waals surface area contributed by atoms with Gasteiger partial charge in [0.25, 0.3) is 0 Å². The van der Waals surface area contributed by atoms with Crippen LogP contribution in [0.4, 0.5) is 5.82 Å². The minimum absolute atomic E-state index is 0.674. The molecular formula is C20H17N3OS. The topological polar surface area (TPSA) is 47.0 Å². The second kappa shape index (κ2) is 6.91. The molecule has 5 heteroatoms. The van der Waals surface area contributed by atoms with E-state index in [0.29, 0.717) is 6.54 Å². The molecule has 4 rings (SSSR count). The maximum Gasteiger partial charge on any atom is 0.139 e. The molecule has 0 aliphatic heterocycles. The second-order valence-electron chi connectivity index (χ2n) is 5.62. The van der Waals surface area contributed by atoms with Gasteiger partial charge in [0.05, 0.1) is 12.5 Å². The van der Waals surface area contributed by atoms with E-state index in [1.54, 1.807) is 24.8 Å². The third-order valence-electron chi connectivity index (χ3n) is 4.05. The summed E-state index contributed by atoms with van der Waals surface area (Å²) in [6.45, 7) is 0.674.